The van der Waals surface area contributed by atoms with E-state index < -0.39 is 23.5 Å². The lowest BCUT2D eigenvalue weighted by Gasteiger charge is -2.40. The maximum atomic E-state index is 13.1. The first-order chi connectivity index (χ1) is 14.3. The number of carbonyl (C=O) groups is 2. The fraction of sp³-hybridized carbons (Fsp3) is 0.565. The minimum absolute atomic E-state index is 0.303. The van der Waals surface area contributed by atoms with E-state index in [9.17, 15) is 9.59 Å². The third-order valence-corrected chi connectivity index (χ3v) is 6.39. The van der Waals surface area contributed by atoms with Gasteiger partial charge in [0.1, 0.15) is 5.57 Å². The Morgan fingerprint density at radius 3 is 2.30 bits per heavy atom. The SMILES string of the molecule is CCNC(=O)OC1=C(c2cc(C)c(C)cc2C)C(=O)OC12CCC1(CC2)OCCO1. The second-order valence-corrected chi connectivity index (χ2v) is 8.37. The van der Waals surface area contributed by atoms with Crippen molar-refractivity contribution in [3.8, 4) is 0 Å². The van der Waals surface area contributed by atoms with Crippen molar-refractivity contribution >= 4 is 17.6 Å². The van der Waals surface area contributed by atoms with Crippen LogP contribution >= 0.6 is 0 Å². The normalized spacial score (nSPS) is 21.9. The standard InChI is InChI=1S/C23H29NO6/c1-5-24-21(26)29-19-18(17-13-15(3)14(2)12-16(17)4)20(25)30-22(19)6-8-23(9-7-22)27-10-11-28-23/h12-13H,5-11H2,1-4H3,(H,24,26). The van der Waals surface area contributed by atoms with Crippen LogP contribution in [0.5, 0.6) is 0 Å². The minimum atomic E-state index is -0.983. The van der Waals surface area contributed by atoms with Crippen molar-refractivity contribution in [2.45, 2.75) is 64.8 Å². The fourth-order valence-corrected chi connectivity index (χ4v) is 4.62. The van der Waals surface area contributed by atoms with Gasteiger partial charge in [0.15, 0.2) is 17.1 Å². The van der Waals surface area contributed by atoms with Gasteiger partial charge >= 0.3 is 12.1 Å². The van der Waals surface area contributed by atoms with Crippen LogP contribution in [0.2, 0.25) is 0 Å². The zero-order valence-electron chi connectivity index (χ0n) is 18.1. The number of alkyl carbamates (subject to hydrolysis) is 1. The van der Waals surface area contributed by atoms with Crippen molar-refractivity contribution in [1.82, 2.24) is 5.32 Å². The number of hydrogen-bond donors (Lipinski definition) is 1. The Labute approximate surface area is 176 Å². The molecule has 3 aliphatic rings. The van der Waals surface area contributed by atoms with Gasteiger partial charge in [0.2, 0.25) is 0 Å². The van der Waals surface area contributed by atoms with Crippen LogP contribution in [-0.4, -0.2) is 43.2 Å². The van der Waals surface area contributed by atoms with Crippen LogP contribution in [-0.2, 0) is 23.7 Å². The lowest BCUT2D eigenvalue weighted by atomic mass is 9.79. The van der Waals surface area contributed by atoms with Crippen LogP contribution in [0.4, 0.5) is 4.79 Å². The van der Waals surface area contributed by atoms with Gasteiger partial charge < -0.3 is 24.3 Å². The maximum absolute atomic E-state index is 13.1. The summed E-state index contributed by atoms with van der Waals surface area (Å²) in [6, 6.07) is 4.00. The third kappa shape index (κ3) is 3.50. The first-order valence-corrected chi connectivity index (χ1v) is 10.6. The number of benzene rings is 1. The number of carbonyl (C=O) groups excluding carboxylic acids is 2. The van der Waals surface area contributed by atoms with E-state index >= 15 is 0 Å². The molecule has 0 unspecified atom stereocenters. The Kier molecular flexibility index (Phi) is 5.36. The molecule has 1 amide bonds. The van der Waals surface area contributed by atoms with Gasteiger partial charge in [-0.25, -0.2) is 9.59 Å². The number of nitrogens with one attached hydrogen (secondary N) is 1. The third-order valence-electron chi connectivity index (χ3n) is 6.39. The quantitative estimate of drug-likeness (QED) is 0.759. The number of aryl methyl sites for hydroxylation is 3. The molecule has 2 heterocycles. The molecule has 30 heavy (non-hydrogen) atoms. The highest BCUT2D eigenvalue weighted by molar-refractivity contribution is 6.20. The topological polar surface area (TPSA) is 83.1 Å². The van der Waals surface area contributed by atoms with Crippen molar-refractivity contribution in [3.63, 3.8) is 0 Å². The van der Waals surface area contributed by atoms with Crippen molar-refractivity contribution in [3.05, 3.63) is 40.1 Å². The summed E-state index contributed by atoms with van der Waals surface area (Å²) < 4.78 is 23.4. The number of amides is 1. The Morgan fingerprint density at radius 1 is 1.03 bits per heavy atom. The predicted molar refractivity (Wildman–Crippen MR) is 110 cm³/mol. The first-order valence-electron chi connectivity index (χ1n) is 10.6. The van der Waals surface area contributed by atoms with Gasteiger partial charge in [-0.3, -0.25) is 0 Å². The highest BCUT2D eigenvalue weighted by Gasteiger charge is 2.56. The molecule has 0 atom stereocenters. The van der Waals surface area contributed by atoms with Crippen molar-refractivity contribution in [1.29, 1.82) is 0 Å². The highest BCUT2D eigenvalue weighted by Crippen LogP contribution is 2.51. The van der Waals surface area contributed by atoms with E-state index in [4.69, 9.17) is 18.9 Å². The van der Waals surface area contributed by atoms with E-state index in [1.54, 1.807) is 0 Å². The summed E-state index contributed by atoms with van der Waals surface area (Å²) in [6.07, 6.45) is 1.50. The van der Waals surface area contributed by atoms with Gasteiger partial charge in [0, 0.05) is 19.4 Å². The van der Waals surface area contributed by atoms with Gasteiger partial charge in [0.25, 0.3) is 0 Å². The van der Waals surface area contributed by atoms with Crippen LogP contribution in [0.3, 0.4) is 0 Å². The van der Waals surface area contributed by atoms with Crippen LogP contribution in [0.15, 0.2) is 17.9 Å². The molecule has 2 aliphatic heterocycles. The second-order valence-electron chi connectivity index (χ2n) is 8.37. The molecular formula is C23H29NO6. The van der Waals surface area contributed by atoms with E-state index in [0.717, 1.165) is 22.3 Å². The van der Waals surface area contributed by atoms with E-state index in [-0.39, 0.29) is 0 Å². The summed E-state index contributed by atoms with van der Waals surface area (Å²) >= 11 is 0. The molecule has 4 rings (SSSR count). The molecule has 0 aromatic heterocycles. The van der Waals surface area contributed by atoms with Gasteiger partial charge in [-0.2, -0.15) is 0 Å². The first kappa shape index (κ1) is 20.9. The molecule has 1 aliphatic carbocycles. The summed E-state index contributed by atoms with van der Waals surface area (Å²) in [5.74, 6) is -0.768. The second kappa shape index (κ2) is 7.71. The number of hydrogen-bond acceptors (Lipinski definition) is 6. The molecular weight excluding hydrogens is 386 g/mol. The summed E-state index contributed by atoms with van der Waals surface area (Å²) in [4.78, 5) is 25.5. The van der Waals surface area contributed by atoms with Gasteiger partial charge in [-0.15, -0.1) is 0 Å². The Hall–Kier alpha value is -2.38. The monoisotopic (exact) mass is 415 g/mol. The lowest BCUT2D eigenvalue weighted by Crippen LogP contribution is -2.46. The van der Waals surface area contributed by atoms with Crippen molar-refractivity contribution in [2.24, 2.45) is 0 Å². The van der Waals surface area contributed by atoms with Gasteiger partial charge in [-0.05, 0) is 62.8 Å². The van der Waals surface area contributed by atoms with E-state index in [1.807, 2.05) is 39.8 Å². The minimum Gasteiger partial charge on any atom is -0.447 e. The Bertz CT molecular complexity index is 903. The van der Waals surface area contributed by atoms with E-state index in [0.29, 0.717) is 56.8 Å². The molecule has 0 radical (unpaired) electrons. The Morgan fingerprint density at radius 2 is 1.67 bits per heavy atom. The lowest BCUT2D eigenvalue weighted by molar-refractivity contribution is -0.205. The number of esters is 1. The molecule has 0 bridgehead atoms. The van der Waals surface area contributed by atoms with Crippen LogP contribution < -0.4 is 5.32 Å². The average Bonchev–Trinajstić information content (AvgIpc) is 3.25. The molecule has 1 saturated carbocycles. The summed E-state index contributed by atoms with van der Waals surface area (Å²) in [5, 5.41) is 2.65. The molecule has 162 valence electrons. The molecule has 1 aromatic carbocycles. The molecule has 1 N–H and O–H groups in total. The zero-order chi connectivity index (χ0) is 21.5. The van der Waals surface area contributed by atoms with Gasteiger partial charge in [0.05, 0.1) is 13.2 Å². The average molecular weight is 415 g/mol. The highest BCUT2D eigenvalue weighted by atomic mass is 16.7. The summed E-state index contributed by atoms with van der Waals surface area (Å²) in [7, 11) is 0. The zero-order valence-corrected chi connectivity index (χ0v) is 18.1. The fourth-order valence-electron chi connectivity index (χ4n) is 4.62. The number of ether oxygens (including phenoxy) is 4. The van der Waals surface area contributed by atoms with Crippen LogP contribution in [0, 0.1) is 20.8 Å². The molecule has 7 nitrogen and oxygen atoms in total. The van der Waals surface area contributed by atoms with Crippen molar-refractivity contribution in [2.75, 3.05) is 19.8 Å². The summed E-state index contributed by atoms with van der Waals surface area (Å²) in [6.45, 7) is 9.36. The predicted octanol–water partition coefficient (Wildman–Crippen LogP) is 3.68. The number of rotatable bonds is 3. The van der Waals surface area contributed by atoms with E-state index in [1.165, 1.54) is 0 Å². The smallest absolute Gasteiger partial charge is 0.412 e. The Balaban J connectivity index is 1.77. The molecule has 1 saturated heterocycles. The van der Waals surface area contributed by atoms with Crippen molar-refractivity contribution < 1.29 is 28.5 Å². The van der Waals surface area contributed by atoms with Gasteiger partial charge in [-0.1, -0.05) is 12.1 Å². The maximum Gasteiger partial charge on any atom is 0.412 e. The van der Waals surface area contributed by atoms with E-state index in [2.05, 4.69) is 5.32 Å². The molecule has 7 heteroatoms. The largest absolute Gasteiger partial charge is 0.447 e. The molecule has 2 spiro atoms. The van der Waals surface area contributed by atoms with Crippen LogP contribution in [0.25, 0.3) is 5.57 Å². The summed E-state index contributed by atoms with van der Waals surface area (Å²) in [5.41, 5.74) is 3.24. The molecule has 2 fully saturated rings. The van der Waals surface area contributed by atoms with Crippen LogP contribution in [0.1, 0.15) is 54.9 Å². The molecule has 1 aromatic rings.